The number of nitrogens with zero attached hydrogens (tertiary/aromatic N) is 3. The fourth-order valence-electron chi connectivity index (χ4n) is 1.84. The Morgan fingerprint density at radius 3 is 2.95 bits per heavy atom. The van der Waals surface area contributed by atoms with E-state index in [0.29, 0.717) is 30.1 Å². The van der Waals surface area contributed by atoms with Crippen LogP contribution < -0.4 is 4.74 Å². The van der Waals surface area contributed by atoms with Gasteiger partial charge in [-0.1, -0.05) is 5.16 Å². The van der Waals surface area contributed by atoms with Crippen molar-refractivity contribution in [2.75, 3.05) is 6.61 Å². The number of hydrogen-bond donors (Lipinski definition) is 1. The predicted molar refractivity (Wildman–Crippen MR) is 72.8 cm³/mol. The van der Waals surface area contributed by atoms with Crippen LogP contribution in [0.25, 0.3) is 0 Å². The lowest BCUT2D eigenvalue weighted by Gasteiger charge is -2.10. The summed E-state index contributed by atoms with van der Waals surface area (Å²) in [5, 5.41) is 16.0. The Balaban J connectivity index is 2.05. The van der Waals surface area contributed by atoms with Gasteiger partial charge in [0.05, 0.1) is 18.5 Å². The van der Waals surface area contributed by atoms with Gasteiger partial charge in [-0.3, -0.25) is 4.68 Å². The Kier molecular flexibility index (Phi) is 4.34. The molecule has 5 nitrogen and oxygen atoms in total. The van der Waals surface area contributed by atoms with E-state index in [0.717, 1.165) is 5.56 Å². The molecule has 1 aromatic heterocycles. The maximum atomic E-state index is 13.2. The molecule has 0 aliphatic rings. The van der Waals surface area contributed by atoms with Crippen LogP contribution in [0.2, 0.25) is 0 Å². The molecule has 0 atom stereocenters. The van der Waals surface area contributed by atoms with Crippen molar-refractivity contribution in [3.05, 3.63) is 47.5 Å². The summed E-state index contributed by atoms with van der Waals surface area (Å²) in [6, 6.07) is 4.13. The maximum absolute atomic E-state index is 13.2. The van der Waals surface area contributed by atoms with Crippen LogP contribution in [-0.2, 0) is 13.5 Å². The molecule has 0 unspecified atom stereocenters. The van der Waals surface area contributed by atoms with Crippen molar-refractivity contribution in [2.45, 2.75) is 13.3 Å². The molecular formula is C14H16FN3O2. The Bertz CT molecular complexity index is 623. The van der Waals surface area contributed by atoms with Gasteiger partial charge in [-0.05, 0) is 30.7 Å². The second-order valence-electron chi connectivity index (χ2n) is 4.45. The summed E-state index contributed by atoms with van der Waals surface area (Å²) < 4.78 is 20.6. The number of benzene rings is 1. The fourth-order valence-corrected chi connectivity index (χ4v) is 1.84. The number of hydrogen-bond acceptors (Lipinski definition) is 4. The molecule has 0 saturated carbocycles. The highest BCUT2D eigenvalue weighted by molar-refractivity contribution is 6.00. The molecule has 1 aromatic carbocycles. The van der Waals surface area contributed by atoms with Gasteiger partial charge < -0.3 is 9.94 Å². The summed E-state index contributed by atoms with van der Waals surface area (Å²) >= 11 is 0. The molecule has 2 aromatic rings. The molecule has 6 heteroatoms. The number of ether oxygens (including phenoxy) is 1. The molecule has 20 heavy (non-hydrogen) atoms. The van der Waals surface area contributed by atoms with Crippen LogP contribution in [0.5, 0.6) is 5.75 Å². The first kappa shape index (κ1) is 14.0. The third kappa shape index (κ3) is 3.34. The second kappa shape index (κ2) is 6.18. The molecule has 0 aliphatic heterocycles. The third-order valence-electron chi connectivity index (χ3n) is 2.89. The van der Waals surface area contributed by atoms with E-state index in [9.17, 15) is 4.39 Å². The van der Waals surface area contributed by atoms with Crippen LogP contribution in [0.1, 0.15) is 18.1 Å². The van der Waals surface area contributed by atoms with Gasteiger partial charge in [-0.2, -0.15) is 5.10 Å². The van der Waals surface area contributed by atoms with Crippen LogP contribution >= 0.6 is 0 Å². The molecule has 0 fully saturated rings. The molecule has 0 amide bonds. The molecule has 106 valence electrons. The normalized spacial score (nSPS) is 11.7. The number of oxime groups is 1. The molecule has 0 radical (unpaired) electrons. The quantitative estimate of drug-likeness (QED) is 0.518. The minimum absolute atomic E-state index is 0.306. The highest BCUT2D eigenvalue weighted by Gasteiger charge is 2.09. The zero-order valence-electron chi connectivity index (χ0n) is 11.4. The highest BCUT2D eigenvalue weighted by Crippen LogP contribution is 2.21. The molecule has 0 aliphatic carbocycles. The molecule has 2 rings (SSSR count). The van der Waals surface area contributed by atoms with Crippen molar-refractivity contribution >= 4 is 5.71 Å². The van der Waals surface area contributed by atoms with Crippen molar-refractivity contribution < 1.29 is 14.3 Å². The van der Waals surface area contributed by atoms with Crippen molar-refractivity contribution in [3.8, 4) is 5.75 Å². The van der Waals surface area contributed by atoms with Crippen molar-refractivity contribution in [2.24, 2.45) is 12.2 Å². The standard InChI is InChI=1S/C14H16FN3O2/c1-10(17-19)13-7-12(15)3-4-14(13)20-6-5-11-8-16-18(2)9-11/h3-4,7-9,19H,5-6H2,1-2H3/b17-10-. The lowest BCUT2D eigenvalue weighted by atomic mass is 10.1. The topological polar surface area (TPSA) is 59.6 Å². The first-order chi connectivity index (χ1) is 9.60. The summed E-state index contributed by atoms with van der Waals surface area (Å²) in [5.41, 5.74) is 1.81. The van der Waals surface area contributed by atoms with E-state index < -0.39 is 5.82 Å². The summed E-state index contributed by atoms with van der Waals surface area (Å²) in [6.07, 6.45) is 4.38. The SMILES string of the molecule is C/C(=N/O)c1cc(F)ccc1OCCc1cnn(C)c1. The Morgan fingerprint density at radius 2 is 2.30 bits per heavy atom. The van der Waals surface area contributed by atoms with E-state index in [1.165, 1.54) is 18.2 Å². The van der Waals surface area contributed by atoms with E-state index >= 15 is 0 Å². The number of halogens is 1. The summed E-state index contributed by atoms with van der Waals surface area (Å²) in [7, 11) is 1.85. The van der Waals surface area contributed by atoms with E-state index in [1.807, 2.05) is 13.2 Å². The van der Waals surface area contributed by atoms with Gasteiger partial charge in [-0.15, -0.1) is 0 Å². The van der Waals surface area contributed by atoms with Crippen LogP contribution in [0.3, 0.4) is 0 Å². The maximum Gasteiger partial charge on any atom is 0.128 e. The summed E-state index contributed by atoms with van der Waals surface area (Å²) in [5.74, 6) is 0.0909. The van der Waals surface area contributed by atoms with Gasteiger partial charge in [0.1, 0.15) is 11.6 Å². The van der Waals surface area contributed by atoms with Gasteiger partial charge in [0.25, 0.3) is 0 Å². The van der Waals surface area contributed by atoms with Gasteiger partial charge >= 0.3 is 0 Å². The minimum Gasteiger partial charge on any atom is -0.493 e. The number of rotatable bonds is 5. The molecule has 1 heterocycles. The number of aromatic nitrogens is 2. The second-order valence-corrected chi connectivity index (χ2v) is 4.45. The Hall–Kier alpha value is -2.37. The Labute approximate surface area is 116 Å². The van der Waals surface area contributed by atoms with E-state index in [-0.39, 0.29) is 0 Å². The fraction of sp³-hybridized carbons (Fsp3) is 0.286. The third-order valence-corrected chi connectivity index (χ3v) is 2.89. The monoisotopic (exact) mass is 277 g/mol. The molecule has 1 N–H and O–H groups in total. The van der Waals surface area contributed by atoms with Crippen molar-refractivity contribution in [3.63, 3.8) is 0 Å². The minimum atomic E-state index is -0.400. The van der Waals surface area contributed by atoms with E-state index in [1.54, 1.807) is 17.8 Å². The first-order valence-corrected chi connectivity index (χ1v) is 6.19. The Morgan fingerprint density at radius 1 is 1.50 bits per heavy atom. The zero-order valence-corrected chi connectivity index (χ0v) is 11.4. The first-order valence-electron chi connectivity index (χ1n) is 6.19. The molecule has 0 bridgehead atoms. The lowest BCUT2D eigenvalue weighted by Crippen LogP contribution is -2.06. The van der Waals surface area contributed by atoms with Crippen molar-refractivity contribution in [1.29, 1.82) is 0 Å². The smallest absolute Gasteiger partial charge is 0.128 e. The molecule has 0 spiro atoms. The largest absolute Gasteiger partial charge is 0.493 e. The van der Waals surface area contributed by atoms with E-state index in [2.05, 4.69) is 10.3 Å². The number of aryl methyl sites for hydroxylation is 1. The summed E-state index contributed by atoms with van der Waals surface area (Å²) in [6.45, 7) is 2.02. The van der Waals surface area contributed by atoms with Crippen molar-refractivity contribution in [1.82, 2.24) is 9.78 Å². The zero-order chi connectivity index (χ0) is 14.5. The average molecular weight is 277 g/mol. The van der Waals surface area contributed by atoms with Crippen LogP contribution in [-0.4, -0.2) is 27.3 Å². The average Bonchev–Trinajstić information content (AvgIpc) is 2.85. The highest BCUT2D eigenvalue weighted by atomic mass is 19.1. The lowest BCUT2D eigenvalue weighted by molar-refractivity contribution is 0.313. The molecular weight excluding hydrogens is 261 g/mol. The van der Waals surface area contributed by atoms with Gasteiger partial charge in [0.2, 0.25) is 0 Å². The predicted octanol–water partition coefficient (Wildman–Crippen LogP) is 2.38. The van der Waals surface area contributed by atoms with Gasteiger partial charge in [0.15, 0.2) is 0 Å². The van der Waals surface area contributed by atoms with Crippen LogP contribution in [0.15, 0.2) is 35.7 Å². The van der Waals surface area contributed by atoms with Gasteiger partial charge in [0, 0.05) is 25.2 Å². The molecule has 0 saturated heterocycles. The van der Waals surface area contributed by atoms with Crippen LogP contribution in [0.4, 0.5) is 4.39 Å². The van der Waals surface area contributed by atoms with Crippen LogP contribution in [0, 0.1) is 5.82 Å². The van der Waals surface area contributed by atoms with Gasteiger partial charge in [-0.25, -0.2) is 4.39 Å². The van der Waals surface area contributed by atoms with E-state index in [4.69, 9.17) is 9.94 Å². The summed E-state index contributed by atoms with van der Waals surface area (Å²) in [4.78, 5) is 0.